The normalized spacial score (nSPS) is 21.2. The SMILES string of the molecule is Cc1cc(C)c(C(=O)NC[C@@]2(c3cnn(C)c3)CCCO2)[nH]1. The molecule has 1 aliphatic heterocycles. The molecule has 0 saturated carbocycles. The Bertz CT molecular complexity index is 680. The number of nitrogens with zero attached hydrogens (tertiary/aromatic N) is 2. The van der Waals surface area contributed by atoms with Crippen LogP contribution in [0.3, 0.4) is 0 Å². The molecule has 1 fully saturated rings. The van der Waals surface area contributed by atoms with Crippen LogP contribution in [0.25, 0.3) is 0 Å². The van der Waals surface area contributed by atoms with Crippen molar-refractivity contribution in [1.82, 2.24) is 20.1 Å². The van der Waals surface area contributed by atoms with Crippen molar-refractivity contribution in [3.63, 3.8) is 0 Å². The van der Waals surface area contributed by atoms with Gasteiger partial charge < -0.3 is 15.0 Å². The van der Waals surface area contributed by atoms with Crippen LogP contribution in [0.5, 0.6) is 0 Å². The van der Waals surface area contributed by atoms with Gasteiger partial charge >= 0.3 is 0 Å². The summed E-state index contributed by atoms with van der Waals surface area (Å²) in [5, 5.41) is 7.24. The fourth-order valence-corrected chi connectivity index (χ4v) is 3.10. The third kappa shape index (κ3) is 2.66. The number of amides is 1. The van der Waals surface area contributed by atoms with Gasteiger partial charge in [0.15, 0.2) is 0 Å². The summed E-state index contributed by atoms with van der Waals surface area (Å²) in [5.41, 5.74) is 3.13. The topological polar surface area (TPSA) is 71.9 Å². The van der Waals surface area contributed by atoms with Gasteiger partial charge in [-0.2, -0.15) is 5.10 Å². The van der Waals surface area contributed by atoms with E-state index in [9.17, 15) is 4.79 Å². The second-order valence-electron chi connectivity index (χ2n) is 6.04. The molecule has 22 heavy (non-hydrogen) atoms. The Morgan fingerprint density at radius 3 is 2.91 bits per heavy atom. The van der Waals surface area contributed by atoms with Crippen LogP contribution < -0.4 is 5.32 Å². The minimum atomic E-state index is -0.459. The van der Waals surface area contributed by atoms with Crippen LogP contribution in [0.2, 0.25) is 0 Å². The minimum Gasteiger partial charge on any atom is -0.368 e. The Hall–Kier alpha value is -2.08. The molecule has 0 radical (unpaired) electrons. The lowest BCUT2D eigenvalue weighted by Crippen LogP contribution is -2.40. The second-order valence-corrected chi connectivity index (χ2v) is 6.04. The summed E-state index contributed by atoms with van der Waals surface area (Å²) in [6.45, 7) is 5.04. The van der Waals surface area contributed by atoms with Crippen LogP contribution >= 0.6 is 0 Å². The highest BCUT2D eigenvalue weighted by atomic mass is 16.5. The number of hydrogen-bond donors (Lipinski definition) is 2. The first-order valence-electron chi connectivity index (χ1n) is 7.58. The zero-order valence-corrected chi connectivity index (χ0v) is 13.3. The first-order chi connectivity index (χ1) is 10.5. The van der Waals surface area contributed by atoms with Crippen LogP contribution in [-0.4, -0.2) is 33.8 Å². The molecule has 0 unspecified atom stereocenters. The molecule has 2 N–H and O–H groups in total. The van der Waals surface area contributed by atoms with E-state index < -0.39 is 5.60 Å². The Balaban J connectivity index is 1.75. The maximum absolute atomic E-state index is 12.4. The van der Waals surface area contributed by atoms with Crippen molar-refractivity contribution in [2.75, 3.05) is 13.2 Å². The number of carbonyl (C=O) groups is 1. The standard InChI is InChI=1S/C16H22N4O2/c1-11-7-12(2)19-14(11)15(21)17-10-16(5-4-6-22-16)13-8-18-20(3)9-13/h7-9,19H,4-6,10H2,1-3H3,(H,17,21)/t16-/m1/s1. The molecule has 6 heteroatoms. The molecule has 1 aliphatic rings. The predicted octanol–water partition coefficient (Wildman–Crippen LogP) is 1.80. The van der Waals surface area contributed by atoms with E-state index in [4.69, 9.17) is 4.74 Å². The van der Waals surface area contributed by atoms with E-state index in [1.807, 2.05) is 39.4 Å². The highest BCUT2D eigenvalue weighted by Gasteiger charge is 2.38. The Morgan fingerprint density at radius 2 is 2.36 bits per heavy atom. The van der Waals surface area contributed by atoms with Crippen molar-refractivity contribution in [1.29, 1.82) is 0 Å². The van der Waals surface area contributed by atoms with E-state index in [1.165, 1.54) is 0 Å². The average molecular weight is 302 g/mol. The van der Waals surface area contributed by atoms with Gasteiger partial charge in [0, 0.05) is 31.1 Å². The average Bonchev–Trinajstić information content (AvgIpc) is 3.17. The molecule has 1 saturated heterocycles. The first-order valence-corrected chi connectivity index (χ1v) is 7.58. The molecule has 2 aromatic rings. The van der Waals surface area contributed by atoms with E-state index in [2.05, 4.69) is 15.4 Å². The van der Waals surface area contributed by atoms with Crippen LogP contribution in [0.1, 0.15) is 40.2 Å². The lowest BCUT2D eigenvalue weighted by Gasteiger charge is -2.27. The lowest BCUT2D eigenvalue weighted by atomic mass is 9.93. The molecule has 1 amide bonds. The second kappa shape index (κ2) is 5.61. The zero-order chi connectivity index (χ0) is 15.7. The number of H-pyrrole nitrogens is 1. The number of hydrogen-bond acceptors (Lipinski definition) is 3. The summed E-state index contributed by atoms with van der Waals surface area (Å²) in [6.07, 6.45) is 5.66. The molecular formula is C16H22N4O2. The van der Waals surface area contributed by atoms with Crippen molar-refractivity contribution >= 4 is 5.91 Å². The van der Waals surface area contributed by atoms with Gasteiger partial charge in [-0.1, -0.05) is 0 Å². The Labute approximate surface area is 129 Å². The third-order valence-corrected chi connectivity index (χ3v) is 4.25. The molecule has 0 aliphatic carbocycles. The van der Waals surface area contributed by atoms with Crippen molar-refractivity contribution < 1.29 is 9.53 Å². The van der Waals surface area contributed by atoms with Gasteiger partial charge in [0.25, 0.3) is 5.91 Å². The van der Waals surface area contributed by atoms with E-state index in [0.29, 0.717) is 18.8 Å². The van der Waals surface area contributed by atoms with Gasteiger partial charge in [-0.15, -0.1) is 0 Å². The summed E-state index contributed by atoms with van der Waals surface area (Å²) in [7, 11) is 1.88. The smallest absolute Gasteiger partial charge is 0.268 e. The van der Waals surface area contributed by atoms with E-state index in [0.717, 1.165) is 29.7 Å². The highest BCUT2D eigenvalue weighted by molar-refractivity contribution is 5.94. The summed E-state index contributed by atoms with van der Waals surface area (Å²) in [4.78, 5) is 15.5. The molecule has 6 nitrogen and oxygen atoms in total. The molecule has 1 atom stereocenters. The maximum atomic E-state index is 12.4. The number of ether oxygens (including phenoxy) is 1. The van der Waals surface area contributed by atoms with Gasteiger partial charge in [-0.25, -0.2) is 0 Å². The number of aromatic nitrogens is 3. The van der Waals surface area contributed by atoms with Gasteiger partial charge in [0.05, 0.1) is 12.7 Å². The number of aromatic amines is 1. The number of carbonyl (C=O) groups excluding carboxylic acids is 1. The number of nitrogens with one attached hydrogen (secondary N) is 2. The fraction of sp³-hybridized carbons (Fsp3) is 0.500. The first kappa shape index (κ1) is 14.8. The fourth-order valence-electron chi connectivity index (χ4n) is 3.10. The van der Waals surface area contributed by atoms with E-state index in [1.54, 1.807) is 4.68 Å². The molecule has 3 heterocycles. The van der Waals surface area contributed by atoms with Gasteiger partial charge in [0.2, 0.25) is 0 Å². The van der Waals surface area contributed by atoms with Crippen molar-refractivity contribution in [3.8, 4) is 0 Å². The largest absolute Gasteiger partial charge is 0.368 e. The van der Waals surface area contributed by atoms with Crippen LogP contribution in [0.15, 0.2) is 18.5 Å². The van der Waals surface area contributed by atoms with Crippen molar-refractivity contribution in [2.45, 2.75) is 32.3 Å². The van der Waals surface area contributed by atoms with E-state index in [-0.39, 0.29) is 5.91 Å². The van der Waals surface area contributed by atoms with E-state index >= 15 is 0 Å². The minimum absolute atomic E-state index is 0.0932. The quantitative estimate of drug-likeness (QED) is 0.904. The number of rotatable bonds is 4. The molecule has 2 aromatic heterocycles. The molecular weight excluding hydrogens is 280 g/mol. The van der Waals surface area contributed by atoms with Crippen LogP contribution in [0.4, 0.5) is 0 Å². The van der Waals surface area contributed by atoms with Gasteiger partial charge in [-0.05, 0) is 38.3 Å². The van der Waals surface area contributed by atoms with Crippen molar-refractivity contribution in [2.24, 2.45) is 7.05 Å². The third-order valence-electron chi connectivity index (χ3n) is 4.25. The lowest BCUT2D eigenvalue weighted by molar-refractivity contribution is 0.00126. The Morgan fingerprint density at radius 1 is 1.55 bits per heavy atom. The molecule has 0 bridgehead atoms. The van der Waals surface area contributed by atoms with Crippen molar-refractivity contribution in [3.05, 3.63) is 41.0 Å². The summed E-state index contributed by atoms with van der Waals surface area (Å²) >= 11 is 0. The predicted molar refractivity (Wildman–Crippen MR) is 82.7 cm³/mol. The van der Waals surface area contributed by atoms with Gasteiger partial charge in [0.1, 0.15) is 11.3 Å². The summed E-state index contributed by atoms with van der Waals surface area (Å²) in [6, 6.07) is 1.97. The monoisotopic (exact) mass is 302 g/mol. The highest BCUT2D eigenvalue weighted by Crippen LogP contribution is 2.35. The molecule has 0 aromatic carbocycles. The maximum Gasteiger partial charge on any atom is 0.268 e. The number of aryl methyl sites for hydroxylation is 3. The molecule has 3 rings (SSSR count). The van der Waals surface area contributed by atoms with Gasteiger partial charge in [-0.3, -0.25) is 9.48 Å². The molecule has 118 valence electrons. The summed E-state index contributed by atoms with van der Waals surface area (Å²) in [5.74, 6) is -0.0932. The molecule has 0 spiro atoms. The summed E-state index contributed by atoms with van der Waals surface area (Å²) < 4.78 is 7.75. The zero-order valence-electron chi connectivity index (χ0n) is 13.3. The Kier molecular flexibility index (Phi) is 3.78. The van der Waals surface area contributed by atoms with Crippen LogP contribution in [-0.2, 0) is 17.4 Å². The van der Waals surface area contributed by atoms with Crippen LogP contribution in [0, 0.1) is 13.8 Å².